The summed E-state index contributed by atoms with van der Waals surface area (Å²) in [7, 11) is 0. The summed E-state index contributed by atoms with van der Waals surface area (Å²) in [5, 5.41) is 1.26. The maximum atomic E-state index is 5.95. The summed E-state index contributed by atoms with van der Waals surface area (Å²) >= 11 is 10.5. The van der Waals surface area contributed by atoms with E-state index in [1.807, 2.05) is 18.2 Å². The number of hydrogen-bond acceptors (Lipinski definition) is 2. The van der Waals surface area contributed by atoms with Crippen molar-refractivity contribution in [2.45, 2.75) is 18.1 Å². The van der Waals surface area contributed by atoms with Gasteiger partial charge in [-0.25, -0.2) is 0 Å². The summed E-state index contributed by atoms with van der Waals surface area (Å²) in [6.45, 7) is 1.67. The topological polar surface area (TPSA) is 9.23 Å². The molecule has 2 atom stereocenters. The number of rotatable bonds is 2. The van der Waals surface area contributed by atoms with E-state index >= 15 is 0 Å². The smallest absolute Gasteiger partial charge is 0.0507 e. The van der Waals surface area contributed by atoms with Gasteiger partial charge in [-0.3, -0.25) is 0 Å². The fourth-order valence-electron chi connectivity index (χ4n) is 1.95. The van der Waals surface area contributed by atoms with E-state index < -0.39 is 0 Å². The Bertz CT molecular complexity index is 329. The molecule has 1 saturated heterocycles. The van der Waals surface area contributed by atoms with Crippen LogP contribution in [0.5, 0.6) is 0 Å². The Morgan fingerprint density at radius 1 is 1.47 bits per heavy atom. The highest BCUT2D eigenvalue weighted by Crippen LogP contribution is 2.24. The summed E-state index contributed by atoms with van der Waals surface area (Å²) in [5.41, 5.74) is 1.28. The molecule has 0 aliphatic carbocycles. The number of thiol groups is 1. The summed E-state index contributed by atoms with van der Waals surface area (Å²) in [5.74, 6) is 0.514. The van der Waals surface area contributed by atoms with Gasteiger partial charge in [-0.1, -0.05) is 23.7 Å². The molecule has 0 N–H and O–H groups in total. The Labute approximate surface area is 101 Å². The Balaban J connectivity index is 2.01. The van der Waals surface area contributed by atoms with Crippen molar-refractivity contribution in [1.29, 1.82) is 0 Å². The van der Waals surface area contributed by atoms with Gasteiger partial charge < -0.3 is 4.74 Å². The minimum Gasteiger partial charge on any atom is -0.381 e. The van der Waals surface area contributed by atoms with Crippen LogP contribution < -0.4 is 0 Å². The first-order valence-electron chi connectivity index (χ1n) is 5.26. The zero-order valence-electron chi connectivity index (χ0n) is 8.53. The minimum absolute atomic E-state index is 0.456. The second kappa shape index (κ2) is 5.24. The van der Waals surface area contributed by atoms with Crippen LogP contribution in [-0.2, 0) is 11.2 Å². The zero-order valence-corrected chi connectivity index (χ0v) is 10.2. The number of ether oxygens (including phenoxy) is 1. The molecule has 1 heterocycles. The van der Waals surface area contributed by atoms with Gasteiger partial charge in [0.25, 0.3) is 0 Å². The summed E-state index contributed by atoms with van der Waals surface area (Å²) < 4.78 is 5.47. The van der Waals surface area contributed by atoms with Gasteiger partial charge in [-0.15, -0.1) is 0 Å². The van der Waals surface area contributed by atoms with Gasteiger partial charge in [-0.05, 0) is 36.5 Å². The summed E-state index contributed by atoms with van der Waals surface area (Å²) in [4.78, 5) is 0. The van der Waals surface area contributed by atoms with Crippen molar-refractivity contribution in [3.8, 4) is 0 Å². The SMILES string of the molecule is S[C@@H]1CCOC[C@@H]1Cc1cccc(Cl)c1. The summed E-state index contributed by atoms with van der Waals surface area (Å²) in [6, 6.07) is 8.03. The van der Waals surface area contributed by atoms with Crippen LogP contribution in [-0.4, -0.2) is 18.5 Å². The predicted octanol–water partition coefficient (Wildman–Crippen LogP) is 3.22. The van der Waals surface area contributed by atoms with Crippen molar-refractivity contribution in [3.63, 3.8) is 0 Å². The summed E-state index contributed by atoms with van der Waals surface area (Å²) in [6.07, 6.45) is 2.06. The van der Waals surface area contributed by atoms with Crippen molar-refractivity contribution < 1.29 is 4.74 Å². The molecule has 2 rings (SSSR count). The molecule has 0 spiro atoms. The molecular formula is C12H15ClOS. The number of halogens is 1. The maximum Gasteiger partial charge on any atom is 0.0507 e. The van der Waals surface area contributed by atoms with E-state index in [4.69, 9.17) is 16.3 Å². The average molecular weight is 243 g/mol. The van der Waals surface area contributed by atoms with E-state index in [0.717, 1.165) is 31.1 Å². The van der Waals surface area contributed by atoms with Gasteiger partial charge >= 0.3 is 0 Å². The molecule has 3 heteroatoms. The standard InChI is InChI=1S/C12H15ClOS/c13-11-3-1-2-9(7-11)6-10-8-14-5-4-12(10)15/h1-3,7,10,12,15H,4-6,8H2/t10-,12+/m0/s1. The molecule has 0 bridgehead atoms. The third kappa shape index (κ3) is 3.13. The van der Waals surface area contributed by atoms with Crippen LogP contribution in [0.3, 0.4) is 0 Å². The molecule has 1 aromatic carbocycles. The molecule has 15 heavy (non-hydrogen) atoms. The van der Waals surface area contributed by atoms with Crippen molar-refractivity contribution in [1.82, 2.24) is 0 Å². The van der Waals surface area contributed by atoms with E-state index in [0.29, 0.717) is 11.2 Å². The minimum atomic E-state index is 0.456. The van der Waals surface area contributed by atoms with Gasteiger partial charge in [0.15, 0.2) is 0 Å². The lowest BCUT2D eigenvalue weighted by molar-refractivity contribution is 0.0596. The molecule has 1 aliphatic rings. The van der Waals surface area contributed by atoms with Gasteiger partial charge in [-0.2, -0.15) is 12.6 Å². The van der Waals surface area contributed by atoms with E-state index in [1.54, 1.807) is 0 Å². The monoisotopic (exact) mass is 242 g/mol. The fourth-order valence-corrected chi connectivity index (χ4v) is 2.46. The van der Waals surface area contributed by atoms with Crippen LogP contribution in [0.15, 0.2) is 24.3 Å². The lowest BCUT2D eigenvalue weighted by atomic mass is 9.94. The lowest BCUT2D eigenvalue weighted by Gasteiger charge is -2.28. The molecule has 0 radical (unpaired) electrons. The van der Waals surface area contributed by atoms with Crippen LogP contribution in [0.2, 0.25) is 5.02 Å². The molecular weight excluding hydrogens is 228 g/mol. The van der Waals surface area contributed by atoms with Crippen molar-refractivity contribution in [3.05, 3.63) is 34.9 Å². The molecule has 0 unspecified atom stereocenters. The van der Waals surface area contributed by atoms with Crippen molar-refractivity contribution in [2.75, 3.05) is 13.2 Å². The van der Waals surface area contributed by atoms with Crippen LogP contribution in [0, 0.1) is 5.92 Å². The second-order valence-electron chi connectivity index (χ2n) is 4.03. The third-order valence-electron chi connectivity index (χ3n) is 2.82. The normalized spacial score (nSPS) is 26.5. The Kier molecular flexibility index (Phi) is 3.95. The number of hydrogen-bond donors (Lipinski definition) is 1. The van der Waals surface area contributed by atoms with Gasteiger partial charge in [0.2, 0.25) is 0 Å². The highest BCUT2D eigenvalue weighted by atomic mass is 35.5. The van der Waals surface area contributed by atoms with Crippen molar-refractivity contribution >= 4 is 24.2 Å². The molecule has 0 aromatic heterocycles. The Morgan fingerprint density at radius 2 is 2.33 bits per heavy atom. The Morgan fingerprint density at radius 3 is 3.07 bits per heavy atom. The van der Waals surface area contributed by atoms with E-state index in [2.05, 4.69) is 18.7 Å². The second-order valence-corrected chi connectivity index (χ2v) is 5.12. The maximum absolute atomic E-state index is 5.95. The lowest BCUT2D eigenvalue weighted by Crippen LogP contribution is -2.29. The van der Waals surface area contributed by atoms with E-state index in [-0.39, 0.29) is 0 Å². The van der Waals surface area contributed by atoms with Gasteiger partial charge in [0.05, 0.1) is 6.61 Å². The van der Waals surface area contributed by atoms with Crippen LogP contribution in [0.25, 0.3) is 0 Å². The van der Waals surface area contributed by atoms with E-state index in [1.165, 1.54) is 5.56 Å². The average Bonchev–Trinajstić information content (AvgIpc) is 2.22. The van der Waals surface area contributed by atoms with Gasteiger partial charge in [0.1, 0.15) is 0 Å². The largest absolute Gasteiger partial charge is 0.381 e. The number of benzene rings is 1. The first-order chi connectivity index (χ1) is 7.25. The first kappa shape index (κ1) is 11.3. The molecule has 0 amide bonds. The first-order valence-corrected chi connectivity index (χ1v) is 6.15. The molecule has 1 nitrogen and oxygen atoms in total. The third-order valence-corrected chi connectivity index (χ3v) is 3.74. The van der Waals surface area contributed by atoms with Gasteiger partial charge in [0, 0.05) is 16.9 Å². The highest BCUT2D eigenvalue weighted by Gasteiger charge is 2.22. The molecule has 1 fully saturated rings. The van der Waals surface area contributed by atoms with Crippen molar-refractivity contribution in [2.24, 2.45) is 5.92 Å². The molecule has 1 aromatic rings. The predicted molar refractivity (Wildman–Crippen MR) is 66.9 cm³/mol. The van der Waals surface area contributed by atoms with Crippen LogP contribution >= 0.6 is 24.2 Å². The molecule has 1 aliphatic heterocycles. The molecule has 82 valence electrons. The zero-order chi connectivity index (χ0) is 10.7. The fraction of sp³-hybridized carbons (Fsp3) is 0.500. The quantitative estimate of drug-likeness (QED) is 0.784. The Hall–Kier alpha value is -0.180. The highest BCUT2D eigenvalue weighted by molar-refractivity contribution is 7.81. The van der Waals surface area contributed by atoms with Crippen LogP contribution in [0.1, 0.15) is 12.0 Å². The van der Waals surface area contributed by atoms with E-state index in [9.17, 15) is 0 Å². The molecule has 0 saturated carbocycles. The van der Waals surface area contributed by atoms with Crippen LogP contribution in [0.4, 0.5) is 0 Å².